The number of benzene rings is 1. The molecule has 0 spiro atoms. The number of hydrogen-bond donors (Lipinski definition) is 0. The van der Waals surface area contributed by atoms with E-state index in [4.69, 9.17) is 0 Å². The van der Waals surface area contributed by atoms with E-state index in [-0.39, 0.29) is 0 Å². The van der Waals surface area contributed by atoms with Gasteiger partial charge in [0.15, 0.2) is 0 Å². The maximum absolute atomic E-state index is 4.14. The Kier molecular flexibility index (Phi) is 5.84. The molecule has 0 heteroatoms. The Hall–Kier alpha value is -1.04. The van der Waals surface area contributed by atoms with E-state index in [1.807, 2.05) is 0 Å². The minimum atomic E-state index is 1.15. The zero-order valence-electron chi connectivity index (χ0n) is 9.84. The molecule has 0 N–H and O–H groups in total. The van der Waals surface area contributed by atoms with Gasteiger partial charge < -0.3 is 0 Å². The molecule has 1 aromatic carbocycles. The standard InChI is InChI=1S/C15H22/c1-3-4-5-6-8-11-14(2)15-12-9-7-10-13-15/h7,9-10,12-13H,2-6,8,11H2,1H3. The highest BCUT2D eigenvalue weighted by molar-refractivity contribution is 5.62. The van der Waals surface area contributed by atoms with Crippen molar-refractivity contribution in [2.75, 3.05) is 0 Å². The largest absolute Gasteiger partial charge is 0.0952 e. The summed E-state index contributed by atoms with van der Waals surface area (Å²) in [5.41, 5.74) is 2.58. The molecule has 0 nitrogen and oxygen atoms in total. The summed E-state index contributed by atoms with van der Waals surface area (Å²) >= 11 is 0. The first-order valence-corrected chi connectivity index (χ1v) is 6.07. The molecule has 1 rings (SSSR count). The minimum Gasteiger partial charge on any atom is -0.0952 e. The van der Waals surface area contributed by atoms with Crippen molar-refractivity contribution in [2.24, 2.45) is 0 Å². The first-order chi connectivity index (χ1) is 7.34. The fraction of sp³-hybridized carbons (Fsp3) is 0.467. The van der Waals surface area contributed by atoms with Crippen molar-refractivity contribution in [3.63, 3.8) is 0 Å². The molecule has 0 aliphatic rings. The summed E-state index contributed by atoms with van der Waals surface area (Å²) in [6.07, 6.45) is 7.84. The lowest BCUT2D eigenvalue weighted by Gasteiger charge is -2.05. The van der Waals surface area contributed by atoms with Gasteiger partial charge in [0.25, 0.3) is 0 Å². The Morgan fingerprint density at radius 1 is 1.00 bits per heavy atom. The van der Waals surface area contributed by atoms with Gasteiger partial charge >= 0.3 is 0 Å². The molecule has 0 aliphatic carbocycles. The molecule has 0 aromatic heterocycles. The molecule has 0 atom stereocenters. The molecule has 15 heavy (non-hydrogen) atoms. The maximum atomic E-state index is 4.14. The Morgan fingerprint density at radius 2 is 1.67 bits per heavy atom. The smallest absolute Gasteiger partial charge is 0.0230 e. The first kappa shape index (κ1) is 12.0. The summed E-state index contributed by atoms with van der Waals surface area (Å²) in [6, 6.07) is 10.5. The molecule has 0 radical (unpaired) electrons. The first-order valence-electron chi connectivity index (χ1n) is 6.07. The van der Waals surface area contributed by atoms with Crippen LogP contribution >= 0.6 is 0 Å². The lowest BCUT2D eigenvalue weighted by molar-refractivity contribution is 0.640. The summed E-state index contributed by atoms with van der Waals surface area (Å²) < 4.78 is 0. The molecule has 82 valence electrons. The van der Waals surface area contributed by atoms with Crippen LogP contribution in [0.1, 0.15) is 51.0 Å². The molecule has 0 heterocycles. The molecular formula is C15H22. The van der Waals surface area contributed by atoms with Gasteiger partial charge in [-0.15, -0.1) is 0 Å². The zero-order chi connectivity index (χ0) is 10.9. The van der Waals surface area contributed by atoms with E-state index in [2.05, 4.69) is 43.8 Å². The second-order valence-corrected chi connectivity index (χ2v) is 4.13. The van der Waals surface area contributed by atoms with E-state index in [0.29, 0.717) is 0 Å². The summed E-state index contributed by atoms with van der Waals surface area (Å²) in [5.74, 6) is 0. The van der Waals surface area contributed by atoms with E-state index in [1.54, 1.807) is 0 Å². The van der Waals surface area contributed by atoms with Crippen LogP contribution in [0.4, 0.5) is 0 Å². The van der Waals surface area contributed by atoms with E-state index in [9.17, 15) is 0 Å². The van der Waals surface area contributed by atoms with Crippen molar-refractivity contribution in [3.05, 3.63) is 42.5 Å². The second-order valence-electron chi connectivity index (χ2n) is 4.13. The molecule has 0 aliphatic heterocycles. The highest BCUT2D eigenvalue weighted by atomic mass is 14.0. The fourth-order valence-electron chi connectivity index (χ4n) is 1.76. The van der Waals surface area contributed by atoms with Crippen LogP contribution in [0.15, 0.2) is 36.9 Å². The second kappa shape index (κ2) is 7.28. The van der Waals surface area contributed by atoms with Crippen molar-refractivity contribution in [1.82, 2.24) is 0 Å². The highest BCUT2D eigenvalue weighted by Crippen LogP contribution is 2.19. The predicted molar refractivity (Wildman–Crippen MR) is 68.9 cm³/mol. The molecule has 0 unspecified atom stereocenters. The van der Waals surface area contributed by atoms with Gasteiger partial charge in [0.2, 0.25) is 0 Å². The average molecular weight is 202 g/mol. The van der Waals surface area contributed by atoms with Crippen molar-refractivity contribution >= 4 is 5.57 Å². The minimum absolute atomic E-state index is 1.15. The third kappa shape index (κ3) is 4.83. The van der Waals surface area contributed by atoms with Crippen LogP contribution in [0.5, 0.6) is 0 Å². The van der Waals surface area contributed by atoms with Crippen molar-refractivity contribution in [3.8, 4) is 0 Å². The molecule has 0 saturated heterocycles. The van der Waals surface area contributed by atoms with Crippen LogP contribution in [-0.2, 0) is 0 Å². The third-order valence-corrected chi connectivity index (χ3v) is 2.76. The van der Waals surface area contributed by atoms with Gasteiger partial charge in [-0.2, -0.15) is 0 Å². The van der Waals surface area contributed by atoms with Crippen LogP contribution < -0.4 is 0 Å². The zero-order valence-corrected chi connectivity index (χ0v) is 9.84. The van der Waals surface area contributed by atoms with Gasteiger partial charge in [-0.25, -0.2) is 0 Å². The Bertz CT molecular complexity index is 271. The predicted octanol–water partition coefficient (Wildman–Crippen LogP) is 5.06. The van der Waals surface area contributed by atoms with E-state index < -0.39 is 0 Å². The lowest BCUT2D eigenvalue weighted by Crippen LogP contribution is -1.84. The molecule has 0 saturated carbocycles. The molecular weight excluding hydrogens is 180 g/mol. The molecule has 0 amide bonds. The summed E-state index contributed by atoms with van der Waals surface area (Å²) in [6.45, 7) is 6.40. The maximum Gasteiger partial charge on any atom is -0.0230 e. The van der Waals surface area contributed by atoms with Gasteiger partial charge in [0.05, 0.1) is 0 Å². The Labute approximate surface area is 94.0 Å². The lowest BCUT2D eigenvalue weighted by atomic mass is 10.0. The van der Waals surface area contributed by atoms with E-state index in [1.165, 1.54) is 43.2 Å². The molecule has 0 fully saturated rings. The third-order valence-electron chi connectivity index (χ3n) is 2.76. The highest BCUT2D eigenvalue weighted by Gasteiger charge is 1.97. The van der Waals surface area contributed by atoms with Gasteiger partial charge in [0, 0.05) is 0 Å². The van der Waals surface area contributed by atoms with Gasteiger partial charge in [-0.1, -0.05) is 69.5 Å². The number of hydrogen-bond acceptors (Lipinski definition) is 0. The van der Waals surface area contributed by atoms with Crippen molar-refractivity contribution in [1.29, 1.82) is 0 Å². The van der Waals surface area contributed by atoms with Gasteiger partial charge in [-0.3, -0.25) is 0 Å². The average Bonchev–Trinajstić information content (AvgIpc) is 2.30. The fourth-order valence-corrected chi connectivity index (χ4v) is 1.76. The topological polar surface area (TPSA) is 0 Å². The van der Waals surface area contributed by atoms with Crippen molar-refractivity contribution in [2.45, 2.75) is 45.4 Å². The summed E-state index contributed by atoms with van der Waals surface area (Å²) in [7, 11) is 0. The SMILES string of the molecule is C=C(CCCCCCC)c1ccccc1. The number of allylic oxidation sites excluding steroid dienone is 1. The molecule has 0 bridgehead atoms. The Morgan fingerprint density at radius 3 is 2.33 bits per heavy atom. The number of unbranched alkanes of at least 4 members (excludes halogenated alkanes) is 4. The Balaban J connectivity index is 2.20. The van der Waals surface area contributed by atoms with Crippen LogP contribution in [0.25, 0.3) is 5.57 Å². The van der Waals surface area contributed by atoms with E-state index in [0.717, 1.165) is 6.42 Å². The quantitative estimate of drug-likeness (QED) is 0.542. The van der Waals surface area contributed by atoms with Crippen molar-refractivity contribution < 1.29 is 0 Å². The van der Waals surface area contributed by atoms with Gasteiger partial charge in [-0.05, 0) is 24.0 Å². The number of rotatable bonds is 7. The summed E-state index contributed by atoms with van der Waals surface area (Å²) in [4.78, 5) is 0. The van der Waals surface area contributed by atoms with Crippen LogP contribution in [0, 0.1) is 0 Å². The monoisotopic (exact) mass is 202 g/mol. The molecule has 1 aromatic rings. The van der Waals surface area contributed by atoms with Crippen LogP contribution in [-0.4, -0.2) is 0 Å². The van der Waals surface area contributed by atoms with Gasteiger partial charge in [0.1, 0.15) is 0 Å². The van der Waals surface area contributed by atoms with Crippen LogP contribution in [0.3, 0.4) is 0 Å². The van der Waals surface area contributed by atoms with Crippen LogP contribution in [0.2, 0.25) is 0 Å². The van der Waals surface area contributed by atoms with E-state index >= 15 is 0 Å². The summed E-state index contributed by atoms with van der Waals surface area (Å²) in [5, 5.41) is 0. The normalized spacial score (nSPS) is 10.2.